The van der Waals surface area contributed by atoms with Gasteiger partial charge in [0.2, 0.25) is 0 Å². The van der Waals surface area contributed by atoms with Crippen molar-refractivity contribution in [1.29, 1.82) is 0 Å². The Morgan fingerprint density at radius 1 is 1.36 bits per heavy atom. The predicted octanol–water partition coefficient (Wildman–Crippen LogP) is 2.46. The highest BCUT2D eigenvalue weighted by molar-refractivity contribution is 14.1. The molecule has 22 heavy (non-hydrogen) atoms. The largest absolute Gasteiger partial charge is 0.385 e. The summed E-state index contributed by atoms with van der Waals surface area (Å²) in [5.41, 5.74) is 4.11. The van der Waals surface area contributed by atoms with Crippen LogP contribution in [0.15, 0.2) is 24.5 Å². The second-order valence-corrected chi connectivity index (χ2v) is 6.68. The molecular weight excluding hydrogens is 393 g/mol. The van der Waals surface area contributed by atoms with Crippen molar-refractivity contribution in [3.05, 3.63) is 45.3 Å². The number of hydrogen-bond donors (Lipinski definition) is 1. The fourth-order valence-electron chi connectivity index (χ4n) is 2.75. The van der Waals surface area contributed by atoms with E-state index < -0.39 is 6.10 Å². The number of imidazole rings is 1. The molecule has 1 N–H and O–H groups in total. The number of nitrogens with zero attached hydrogens (tertiary/aromatic N) is 5. The Morgan fingerprint density at radius 2 is 2.18 bits per heavy atom. The number of rotatable bonds is 1. The van der Waals surface area contributed by atoms with Gasteiger partial charge in [0.1, 0.15) is 6.10 Å². The highest BCUT2D eigenvalue weighted by Crippen LogP contribution is 2.33. The number of aromatic nitrogens is 5. The average molecular weight is 407 g/mol. The minimum atomic E-state index is -0.684. The summed E-state index contributed by atoms with van der Waals surface area (Å²) in [6.45, 7) is 4.27. The van der Waals surface area contributed by atoms with Crippen molar-refractivity contribution < 1.29 is 5.11 Å². The number of aliphatic hydroxyl groups excluding tert-OH is 1. The zero-order valence-corrected chi connectivity index (χ0v) is 14.3. The normalized spacial score (nSPS) is 14.0. The average Bonchev–Trinajstić information content (AvgIpc) is 3.02. The smallest absolute Gasteiger partial charge is 0.179 e. The van der Waals surface area contributed by atoms with Crippen molar-refractivity contribution in [3.63, 3.8) is 0 Å². The molecule has 0 spiro atoms. The second kappa shape index (κ2) is 4.88. The van der Waals surface area contributed by atoms with Gasteiger partial charge in [0.05, 0.1) is 29.9 Å². The number of aliphatic hydroxyl groups is 1. The lowest BCUT2D eigenvalue weighted by molar-refractivity contribution is 0.188. The molecule has 6 nitrogen and oxygen atoms in total. The summed E-state index contributed by atoms with van der Waals surface area (Å²) < 4.78 is 5.08. The van der Waals surface area contributed by atoms with Crippen LogP contribution in [0.1, 0.15) is 30.2 Å². The third-order valence-corrected chi connectivity index (χ3v) is 4.57. The summed E-state index contributed by atoms with van der Waals surface area (Å²) >= 11 is 2.29. The van der Waals surface area contributed by atoms with Crippen molar-refractivity contribution in [3.8, 4) is 17.1 Å². The Balaban J connectivity index is 2.05. The molecule has 0 amide bonds. The molecule has 3 heterocycles. The Bertz CT molecular complexity index is 880. The van der Waals surface area contributed by atoms with Crippen LogP contribution < -0.4 is 0 Å². The van der Waals surface area contributed by atoms with E-state index in [1.807, 2.05) is 17.9 Å². The van der Waals surface area contributed by atoms with E-state index in [4.69, 9.17) is 0 Å². The van der Waals surface area contributed by atoms with Crippen LogP contribution in [0.3, 0.4) is 0 Å². The molecule has 7 heteroatoms. The first-order valence-corrected chi connectivity index (χ1v) is 8.08. The molecule has 1 aliphatic heterocycles. The summed E-state index contributed by atoms with van der Waals surface area (Å²) in [6.07, 6.45) is 1.16. The molecule has 0 fully saturated rings. The second-order valence-electron chi connectivity index (χ2n) is 5.44. The molecule has 1 aliphatic rings. The third-order valence-electron chi connectivity index (χ3n) is 3.90. The molecule has 112 valence electrons. The highest BCUT2D eigenvalue weighted by Gasteiger charge is 2.24. The van der Waals surface area contributed by atoms with Crippen LogP contribution in [-0.2, 0) is 6.54 Å². The minimum Gasteiger partial charge on any atom is -0.385 e. The van der Waals surface area contributed by atoms with Gasteiger partial charge in [-0.3, -0.25) is 0 Å². The van der Waals surface area contributed by atoms with Gasteiger partial charge in [-0.2, -0.15) is 5.10 Å². The van der Waals surface area contributed by atoms with E-state index >= 15 is 0 Å². The topological polar surface area (TPSA) is 68.8 Å². The first-order valence-electron chi connectivity index (χ1n) is 7.00. The van der Waals surface area contributed by atoms with Crippen LogP contribution in [0.25, 0.3) is 17.1 Å². The van der Waals surface area contributed by atoms with Gasteiger partial charge < -0.3 is 9.67 Å². The van der Waals surface area contributed by atoms with Crippen molar-refractivity contribution in [2.24, 2.45) is 0 Å². The summed E-state index contributed by atoms with van der Waals surface area (Å²) in [5.74, 6) is 1.23. The molecule has 1 aromatic carbocycles. The standard InChI is InChI=1S/C15H14IN5O/c1-8-13-6-21-15(18-14(19-21)9(2)22)11-5-10(16)3-4-12(11)20(13)7-17-8/h3-5,7,9,22H,6H2,1-2H3. The van der Waals surface area contributed by atoms with E-state index in [0.717, 1.165) is 32.0 Å². The van der Waals surface area contributed by atoms with Crippen molar-refractivity contribution in [2.45, 2.75) is 26.5 Å². The van der Waals surface area contributed by atoms with Crippen LogP contribution in [-0.4, -0.2) is 29.4 Å². The van der Waals surface area contributed by atoms with E-state index in [9.17, 15) is 5.11 Å². The lowest BCUT2D eigenvalue weighted by atomic mass is 10.1. The third kappa shape index (κ3) is 1.99. The summed E-state index contributed by atoms with van der Waals surface area (Å²) in [4.78, 5) is 8.98. The predicted molar refractivity (Wildman–Crippen MR) is 89.8 cm³/mol. The molecule has 0 aliphatic carbocycles. The zero-order valence-electron chi connectivity index (χ0n) is 12.2. The van der Waals surface area contributed by atoms with Gasteiger partial charge in [-0.05, 0) is 54.6 Å². The van der Waals surface area contributed by atoms with E-state index in [1.54, 1.807) is 6.92 Å². The molecule has 1 unspecified atom stereocenters. The van der Waals surface area contributed by atoms with Gasteiger partial charge in [-0.1, -0.05) is 0 Å². The molecular formula is C15H14IN5O. The van der Waals surface area contributed by atoms with Gasteiger partial charge in [0.15, 0.2) is 11.6 Å². The Kier molecular flexibility index (Phi) is 3.08. The molecule has 0 bridgehead atoms. The number of halogens is 1. The van der Waals surface area contributed by atoms with Gasteiger partial charge in [-0.15, -0.1) is 0 Å². The van der Waals surface area contributed by atoms with E-state index in [0.29, 0.717) is 12.4 Å². The van der Waals surface area contributed by atoms with Crippen molar-refractivity contribution >= 4 is 22.6 Å². The first kappa shape index (κ1) is 13.9. The Hall–Kier alpha value is -1.74. The fourth-order valence-corrected chi connectivity index (χ4v) is 3.24. The monoisotopic (exact) mass is 407 g/mol. The van der Waals surface area contributed by atoms with Crippen molar-refractivity contribution in [1.82, 2.24) is 24.3 Å². The Labute approximate surface area is 141 Å². The van der Waals surface area contributed by atoms with Crippen LogP contribution in [0.4, 0.5) is 0 Å². The lowest BCUT2D eigenvalue weighted by Gasteiger charge is -2.08. The van der Waals surface area contributed by atoms with E-state index in [2.05, 4.69) is 60.4 Å². The molecule has 1 atom stereocenters. The lowest BCUT2D eigenvalue weighted by Crippen LogP contribution is -2.06. The summed E-state index contributed by atoms with van der Waals surface area (Å²) in [5, 5.41) is 14.3. The molecule has 0 radical (unpaired) electrons. The van der Waals surface area contributed by atoms with Crippen molar-refractivity contribution in [2.75, 3.05) is 0 Å². The van der Waals surface area contributed by atoms with Crippen LogP contribution >= 0.6 is 22.6 Å². The SMILES string of the molecule is Cc1ncn2c1Cn1nc(C(C)O)nc1-c1cc(I)ccc1-2. The molecule has 0 saturated heterocycles. The van der Waals surface area contributed by atoms with Gasteiger partial charge in [0, 0.05) is 9.13 Å². The summed E-state index contributed by atoms with van der Waals surface area (Å²) in [7, 11) is 0. The molecule has 0 saturated carbocycles. The zero-order chi connectivity index (χ0) is 15.4. The quantitative estimate of drug-likeness (QED) is 0.493. The fraction of sp³-hybridized carbons (Fsp3) is 0.267. The maximum absolute atomic E-state index is 9.80. The number of benzene rings is 1. The van der Waals surface area contributed by atoms with Crippen LogP contribution in [0.5, 0.6) is 0 Å². The highest BCUT2D eigenvalue weighted by atomic mass is 127. The van der Waals surface area contributed by atoms with Crippen LogP contribution in [0.2, 0.25) is 0 Å². The molecule has 3 aromatic rings. The minimum absolute atomic E-state index is 0.449. The number of fused-ring (bicyclic) bond motifs is 5. The maximum atomic E-state index is 9.80. The number of hydrogen-bond acceptors (Lipinski definition) is 4. The maximum Gasteiger partial charge on any atom is 0.179 e. The van der Waals surface area contributed by atoms with E-state index in [1.165, 1.54) is 0 Å². The van der Waals surface area contributed by atoms with Gasteiger partial charge in [0.25, 0.3) is 0 Å². The Morgan fingerprint density at radius 3 is 2.95 bits per heavy atom. The summed E-state index contributed by atoms with van der Waals surface area (Å²) in [6, 6.07) is 6.24. The number of aryl methyl sites for hydroxylation is 1. The first-order chi connectivity index (χ1) is 10.5. The van der Waals surface area contributed by atoms with Gasteiger partial charge in [-0.25, -0.2) is 14.6 Å². The van der Waals surface area contributed by atoms with Crippen LogP contribution in [0, 0.1) is 10.5 Å². The van der Waals surface area contributed by atoms with Gasteiger partial charge >= 0.3 is 0 Å². The van der Waals surface area contributed by atoms with E-state index in [-0.39, 0.29) is 0 Å². The molecule has 2 aromatic heterocycles. The molecule has 4 rings (SSSR count).